The van der Waals surface area contributed by atoms with Crippen molar-refractivity contribution in [3.8, 4) is 11.3 Å². The number of carbonyl (C=O) groups is 4. The molecule has 2 heterocycles. The summed E-state index contributed by atoms with van der Waals surface area (Å²) >= 11 is 6.49. The first kappa shape index (κ1) is 27.1. The highest BCUT2D eigenvalue weighted by Crippen LogP contribution is 2.33. The molecule has 0 aliphatic carbocycles. The van der Waals surface area contributed by atoms with Crippen LogP contribution in [0.5, 0.6) is 0 Å². The average molecular weight is 575 g/mol. The maximum Gasteiger partial charge on any atom is 0.339 e. The van der Waals surface area contributed by atoms with Crippen LogP contribution in [-0.4, -0.2) is 34.7 Å². The van der Waals surface area contributed by atoms with Gasteiger partial charge in [0.05, 0.1) is 38.6 Å². The predicted octanol–water partition coefficient (Wildman–Crippen LogP) is 7.17. The molecule has 0 bridgehead atoms. The van der Waals surface area contributed by atoms with E-state index >= 15 is 0 Å². The number of nitrogens with zero attached hydrogens (tertiary/aromatic N) is 2. The zero-order valence-corrected chi connectivity index (χ0v) is 23.2. The van der Waals surface area contributed by atoms with Gasteiger partial charge in [-0.2, -0.15) is 0 Å². The smallest absolute Gasteiger partial charge is 0.339 e. The number of amides is 2. The molecule has 7 nitrogen and oxygen atoms in total. The van der Waals surface area contributed by atoms with Crippen molar-refractivity contribution in [2.24, 2.45) is 0 Å². The van der Waals surface area contributed by atoms with E-state index in [1.807, 2.05) is 6.07 Å². The van der Waals surface area contributed by atoms with Crippen LogP contribution >= 0.6 is 11.6 Å². The minimum absolute atomic E-state index is 0.209. The summed E-state index contributed by atoms with van der Waals surface area (Å²) in [5.74, 6) is -1.74. The molecule has 1 aliphatic heterocycles. The predicted molar refractivity (Wildman–Crippen MR) is 160 cm³/mol. The van der Waals surface area contributed by atoms with E-state index < -0.39 is 12.1 Å². The number of ketones is 1. The number of hydrogen-bond acceptors (Lipinski definition) is 6. The Bertz CT molecular complexity index is 1850. The van der Waals surface area contributed by atoms with E-state index in [4.69, 9.17) is 21.3 Å². The Morgan fingerprint density at radius 3 is 2.12 bits per heavy atom. The zero-order chi connectivity index (χ0) is 29.4. The van der Waals surface area contributed by atoms with Gasteiger partial charge in [-0.15, -0.1) is 0 Å². The van der Waals surface area contributed by atoms with Crippen LogP contribution in [0.3, 0.4) is 0 Å². The second kappa shape index (κ2) is 11.0. The second-order valence-corrected chi connectivity index (χ2v) is 10.2. The summed E-state index contributed by atoms with van der Waals surface area (Å²) in [6.07, 6.45) is -0.667. The van der Waals surface area contributed by atoms with Gasteiger partial charge in [-0.05, 0) is 42.8 Å². The molecule has 206 valence electrons. The van der Waals surface area contributed by atoms with Crippen LogP contribution in [0.25, 0.3) is 22.2 Å². The van der Waals surface area contributed by atoms with Gasteiger partial charge < -0.3 is 4.74 Å². The summed E-state index contributed by atoms with van der Waals surface area (Å²) in [6, 6.07) is 28.8. The molecule has 1 atom stereocenters. The average Bonchev–Trinajstić information content (AvgIpc) is 3.29. The van der Waals surface area contributed by atoms with Crippen LogP contribution in [0.4, 0.5) is 5.69 Å². The van der Waals surface area contributed by atoms with Crippen molar-refractivity contribution in [3.05, 3.63) is 130 Å². The topological polar surface area (TPSA) is 93.6 Å². The molecule has 8 heteroatoms. The Kier molecular flexibility index (Phi) is 7.10. The van der Waals surface area contributed by atoms with Crippen LogP contribution in [0.1, 0.15) is 54.8 Å². The van der Waals surface area contributed by atoms with Gasteiger partial charge in [0.1, 0.15) is 0 Å². The van der Waals surface area contributed by atoms with Gasteiger partial charge in [0.25, 0.3) is 11.8 Å². The molecular formula is C34H23ClN2O5. The summed E-state index contributed by atoms with van der Waals surface area (Å²) in [4.78, 5) is 58.3. The van der Waals surface area contributed by atoms with Gasteiger partial charge in [-0.3, -0.25) is 14.4 Å². The number of anilines is 1. The number of benzene rings is 4. The second-order valence-electron chi connectivity index (χ2n) is 9.76. The molecule has 42 heavy (non-hydrogen) atoms. The van der Waals surface area contributed by atoms with Gasteiger partial charge in [0, 0.05) is 16.5 Å². The highest BCUT2D eigenvalue weighted by molar-refractivity contribution is 6.35. The molecule has 5 aromatic rings. The molecule has 0 fully saturated rings. The highest BCUT2D eigenvalue weighted by Gasteiger charge is 2.36. The quantitative estimate of drug-likeness (QED) is 0.116. The van der Waals surface area contributed by atoms with Crippen molar-refractivity contribution in [1.82, 2.24) is 4.98 Å². The maximum absolute atomic E-state index is 13.5. The van der Waals surface area contributed by atoms with Crippen molar-refractivity contribution < 1.29 is 23.9 Å². The lowest BCUT2D eigenvalue weighted by Crippen LogP contribution is -2.29. The Balaban J connectivity index is 1.34. The standard InChI is InChI=1S/C34H23ClN2O5/c1-2-29(31(38)21-9-4-3-5-10-21)42-34(41)26-19-28(36-30-23(26)13-8-14-27(30)35)20-15-17-22(18-16-20)37-32(39)24-11-6-7-12-25(24)33(37)40/h3-19,29H,2H2,1H3/t29-/m1/s1. The molecule has 6 rings (SSSR count). The lowest BCUT2D eigenvalue weighted by atomic mass is 10.0. The van der Waals surface area contributed by atoms with Gasteiger partial charge in [0.2, 0.25) is 5.78 Å². The minimum atomic E-state index is -0.968. The zero-order valence-electron chi connectivity index (χ0n) is 22.4. The first-order valence-corrected chi connectivity index (χ1v) is 13.7. The van der Waals surface area contributed by atoms with E-state index in [2.05, 4.69) is 0 Å². The fraction of sp³-hybridized carbons (Fsp3) is 0.0882. The fourth-order valence-electron chi connectivity index (χ4n) is 5.04. The lowest BCUT2D eigenvalue weighted by Gasteiger charge is -2.17. The van der Waals surface area contributed by atoms with Crippen LogP contribution in [0, 0.1) is 0 Å². The third kappa shape index (κ3) is 4.74. The largest absolute Gasteiger partial charge is 0.450 e. The van der Waals surface area contributed by atoms with Crippen molar-refractivity contribution in [2.75, 3.05) is 4.90 Å². The SMILES string of the molecule is CC[C@@H](OC(=O)c1cc(-c2ccc(N3C(=O)c4ccccc4C3=O)cc2)nc2c(Cl)cccc12)C(=O)c1ccccc1. The van der Waals surface area contributed by atoms with Gasteiger partial charge in [-0.1, -0.05) is 85.3 Å². The number of pyridine rings is 1. The van der Waals surface area contributed by atoms with Gasteiger partial charge >= 0.3 is 5.97 Å². The first-order valence-electron chi connectivity index (χ1n) is 13.3. The molecular weight excluding hydrogens is 552 g/mol. The highest BCUT2D eigenvalue weighted by atomic mass is 35.5. The van der Waals surface area contributed by atoms with Crippen LogP contribution in [-0.2, 0) is 4.74 Å². The molecule has 0 spiro atoms. The normalized spacial score (nSPS) is 13.2. The van der Waals surface area contributed by atoms with E-state index in [9.17, 15) is 19.2 Å². The summed E-state index contributed by atoms with van der Waals surface area (Å²) in [7, 11) is 0. The van der Waals surface area contributed by atoms with E-state index in [1.54, 1.807) is 104 Å². The Labute approximate surface area is 246 Å². The lowest BCUT2D eigenvalue weighted by molar-refractivity contribution is 0.0279. The monoisotopic (exact) mass is 574 g/mol. The molecule has 0 N–H and O–H groups in total. The molecule has 0 saturated carbocycles. The van der Waals surface area contributed by atoms with Crippen LogP contribution in [0.2, 0.25) is 5.02 Å². The number of hydrogen-bond donors (Lipinski definition) is 0. The Morgan fingerprint density at radius 1 is 0.833 bits per heavy atom. The van der Waals surface area contributed by atoms with Crippen LogP contribution < -0.4 is 4.90 Å². The Hall–Kier alpha value is -5.14. The molecule has 0 radical (unpaired) electrons. The molecule has 4 aromatic carbocycles. The van der Waals surface area contributed by atoms with Gasteiger partial charge in [0.15, 0.2) is 6.10 Å². The van der Waals surface area contributed by atoms with Gasteiger partial charge in [-0.25, -0.2) is 14.7 Å². The summed E-state index contributed by atoms with van der Waals surface area (Å²) in [6.45, 7) is 1.78. The summed E-state index contributed by atoms with van der Waals surface area (Å²) in [5.41, 5.74) is 3.25. The summed E-state index contributed by atoms with van der Waals surface area (Å²) < 4.78 is 5.74. The number of imide groups is 1. The number of fused-ring (bicyclic) bond motifs is 2. The fourth-order valence-corrected chi connectivity index (χ4v) is 5.26. The number of rotatable bonds is 7. The number of halogens is 1. The Morgan fingerprint density at radius 2 is 1.48 bits per heavy atom. The molecule has 0 unspecified atom stereocenters. The molecule has 2 amide bonds. The van der Waals surface area contributed by atoms with Crippen LogP contribution in [0.15, 0.2) is 103 Å². The minimum Gasteiger partial charge on any atom is -0.450 e. The molecule has 0 saturated heterocycles. The molecule has 1 aromatic heterocycles. The van der Waals surface area contributed by atoms with Crippen molar-refractivity contribution in [1.29, 1.82) is 0 Å². The van der Waals surface area contributed by atoms with Crippen molar-refractivity contribution >= 4 is 51.8 Å². The third-order valence-corrected chi connectivity index (χ3v) is 7.50. The maximum atomic E-state index is 13.5. The van der Waals surface area contributed by atoms with E-state index in [0.29, 0.717) is 56.0 Å². The van der Waals surface area contributed by atoms with E-state index in [0.717, 1.165) is 4.90 Å². The number of esters is 1. The third-order valence-electron chi connectivity index (χ3n) is 7.20. The van der Waals surface area contributed by atoms with E-state index in [-0.39, 0.29) is 23.2 Å². The van der Waals surface area contributed by atoms with E-state index in [1.165, 1.54) is 0 Å². The molecule has 1 aliphatic rings. The summed E-state index contributed by atoms with van der Waals surface area (Å²) in [5, 5.41) is 0.833. The van der Waals surface area contributed by atoms with Crippen molar-refractivity contribution in [2.45, 2.75) is 19.4 Å². The number of ether oxygens (including phenoxy) is 1. The van der Waals surface area contributed by atoms with Crippen molar-refractivity contribution in [3.63, 3.8) is 0 Å². The number of aromatic nitrogens is 1. The number of Topliss-reactive ketones (excluding diaryl/α,β-unsaturated/α-hetero) is 1. The number of para-hydroxylation sites is 1. The number of carbonyl (C=O) groups excluding carboxylic acids is 4. The first-order chi connectivity index (χ1) is 20.4.